The van der Waals surface area contributed by atoms with Gasteiger partial charge < -0.3 is 15.0 Å². The van der Waals surface area contributed by atoms with Crippen LogP contribution in [0.5, 0.6) is 5.75 Å². The van der Waals surface area contributed by atoms with Crippen molar-refractivity contribution in [1.29, 1.82) is 0 Å². The summed E-state index contributed by atoms with van der Waals surface area (Å²) in [6, 6.07) is 15.4. The van der Waals surface area contributed by atoms with Crippen LogP contribution in [0, 0.1) is 4.77 Å². The molecule has 3 aromatic rings. The van der Waals surface area contributed by atoms with Gasteiger partial charge in [0.15, 0.2) is 4.77 Å². The number of imidazole rings is 1. The summed E-state index contributed by atoms with van der Waals surface area (Å²) in [5, 5.41) is 2.78. The molecule has 0 saturated carbocycles. The smallest absolute Gasteiger partial charge is 0.387 e. The summed E-state index contributed by atoms with van der Waals surface area (Å²) in [6.45, 7) is -2.63. The van der Waals surface area contributed by atoms with Gasteiger partial charge in [0.2, 0.25) is 0 Å². The molecule has 2 N–H and O–H groups in total. The van der Waals surface area contributed by atoms with E-state index in [1.807, 2.05) is 30.3 Å². The van der Waals surface area contributed by atoms with E-state index in [4.69, 9.17) is 12.2 Å². The van der Waals surface area contributed by atoms with Gasteiger partial charge >= 0.3 is 6.61 Å². The number of carbonyl (C=O) groups is 1. The number of carbonyl (C=O) groups excluding carboxylic acids is 1. The number of aromatic nitrogens is 2. The van der Waals surface area contributed by atoms with Crippen molar-refractivity contribution in [3.8, 4) is 11.4 Å². The van der Waals surface area contributed by atoms with Crippen LogP contribution in [0.1, 0.15) is 16.1 Å². The number of H-pyrrole nitrogens is 1. The van der Waals surface area contributed by atoms with Crippen molar-refractivity contribution in [3.63, 3.8) is 0 Å². The largest absolute Gasteiger partial charge is 0.435 e. The Hall–Kier alpha value is -3.00. The molecule has 0 aliphatic rings. The van der Waals surface area contributed by atoms with Gasteiger partial charge in [-0.2, -0.15) is 8.78 Å². The number of rotatable bonds is 6. The number of amides is 1. The molecule has 8 heteroatoms. The average molecular weight is 375 g/mol. The third kappa shape index (κ3) is 4.15. The quantitative estimate of drug-likeness (QED) is 0.639. The maximum atomic E-state index is 12.5. The molecule has 3 rings (SSSR count). The molecule has 2 aromatic carbocycles. The normalized spacial score (nSPS) is 10.7. The zero-order valence-electron chi connectivity index (χ0n) is 13.5. The lowest BCUT2D eigenvalue weighted by Gasteiger charge is -2.10. The van der Waals surface area contributed by atoms with E-state index in [2.05, 4.69) is 15.0 Å². The number of hydrogen-bond acceptors (Lipinski definition) is 3. The van der Waals surface area contributed by atoms with E-state index in [0.29, 0.717) is 10.5 Å². The fourth-order valence-electron chi connectivity index (χ4n) is 2.43. The fourth-order valence-corrected chi connectivity index (χ4v) is 2.69. The van der Waals surface area contributed by atoms with Crippen LogP contribution >= 0.6 is 12.2 Å². The molecular weight excluding hydrogens is 360 g/mol. The number of alkyl halides is 2. The van der Waals surface area contributed by atoms with E-state index in [9.17, 15) is 13.6 Å². The summed E-state index contributed by atoms with van der Waals surface area (Å²) in [6.07, 6.45) is 1.55. The molecule has 0 aliphatic carbocycles. The van der Waals surface area contributed by atoms with E-state index < -0.39 is 6.61 Å². The summed E-state index contributed by atoms with van der Waals surface area (Å²) in [5.74, 6) is -0.243. The van der Waals surface area contributed by atoms with Crippen molar-refractivity contribution in [2.24, 2.45) is 0 Å². The molecule has 0 saturated heterocycles. The minimum absolute atomic E-state index is 0.0679. The van der Waals surface area contributed by atoms with E-state index >= 15 is 0 Å². The van der Waals surface area contributed by atoms with Gasteiger partial charge in [0, 0.05) is 18.4 Å². The first-order valence-electron chi connectivity index (χ1n) is 7.72. The lowest BCUT2D eigenvalue weighted by molar-refractivity contribution is -0.0498. The highest BCUT2D eigenvalue weighted by molar-refractivity contribution is 7.71. The maximum Gasteiger partial charge on any atom is 0.387 e. The highest BCUT2D eigenvalue weighted by Crippen LogP contribution is 2.15. The molecule has 0 aliphatic heterocycles. The van der Waals surface area contributed by atoms with E-state index in [-0.39, 0.29) is 18.2 Å². The first-order chi connectivity index (χ1) is 12.5. The molecule has 0 unspecified atom stereocenters. The Morgan fingerprint density at radius 2 is 1.85 bits per heavy atom. The topological polar surface area (TPSA) is 59.0 Å². The predicted molar refractivity (Wildman–Crippen MR) is 95.2 cm³/mol. The molecule has 0 radical (unpaired) electrons. The van der Waals surface area contributed by atoms with Crippen molar-refractivity contribution in [2.45, 2.75) is 13.2 Å². The van der Waals surface area contributed by atoms with Gasteiger partial charge in [0.25, 0.3) is 5.91 Å². The molecule has 1 amide bonds. The Morgan fingerprint density at radius 1 is 1.15 bits per heavy atom. The van der Waals surface area contributed by atoms with Gasteiger partial charge in [-0.15, -0.1) is 0 Å². The molecule has 1 aromatic heterocycles. The van der Waals surface area contributed by atoms with Crippen LogP contribution in [0.2, 0.25) is 0 Å². The van der Waals surface area contributed by atoms with Crippen LogP contribution in [-0.4, -0.2) is 22.1 Å². The Kier molecular flexibility index (Phi) is 5.43. The Labute approximate surface area is 153 Å². The zero-order valence-corrected chi connectivity index (χ0v) is 14.3. The van der Waals surface area contributed by atoms with E-state index in [1.165, 1.54) is 12.1 Å². The van der Waals surface area contributed by atoms with Crippen LogP contribution < -0.4 is 10.1 Å². The standard InChI is InChI=1S/C18H15F2N3O2S/c19-17(20)25-14-8-6-12(7-9-14)10-21-16(24)15-11-22-18(26)23(15)13-4-2-1-3-5-13/h1-9,11,17H,10H2,(H,21,24)(H,22,26). The number of para-hydroxylation sites is 1. The number of halogens is 2. The molecule has 134 valence electrons. The van der Waals surface area contributed by atoms with Gasteiger partial charge in [-0.05, 0) is 42.0 Å². The molecule has 0 spiro atoms. The van der Waals surface area contributed by atoms with Gasteiger partial charge in [0.1, 0.15) is 11.4 Å². The third-order valence-corrected chi connectivity index (χ3v) is 3.93. The second-order valence-electron chi connectivity index (χ2n) is 5.36. The Morgan fingerprint density at radius 3 is 2.50 bits per heavy atom. The van der Waals surface area contributed by atoms with Gasteiger partial charge in [-0.25, -0.2) is 0 Å². The Bertz CT molecular complexity index is 937. The van der Waals surface area contributed by atoms with Gasteiger partial charge in [-0.1, -0.05) is 30.3 Å². The van der Waals surface area contributed by atoms with Crippen molar-refractivity contribution in [2.75, 3.05) is 0 Å². The number of nitrogens with zero attached hydrogens (tertiary/aromatic N) is 1. The molecular formula is C18H15F2N3O2S. The lowest BCUT2D eigenvalue weighted by atomic mass is 10.2. The van der Waals surface area contributed by atoms with Crippen LogP contribution in [0.25, 0.3) is 5.69 Å². The highest BCUT2D eigenvalue weighted by atomic mass is 32.1. The van der Waals surface area contributed by atoms with Crippen molar-refractivity contribution in [1.82, 2.24) is 14.9 Å². The first kappa shape index (κ1) is 17.8. The molecule has 0 bridgehead atoms. The predicted octanol–water partition coefficient (Wildman–Crippen LogP) is 4.07. The lowest BCUT2D eigenvalue weighted by Crippen LogP contribution is -2.25. The summed E-state index contributed by atoms with van der Waals surface area (Å²) in [7, 11) is 0. The Balaban J connectivity index is 1.71. The SMILES string of the molecule is O=C(NCc1ccc(OC(F)F)cc1)c1c[nH]c(=S)n1-c1ccccc1. The van der Waals surface area contributed by atoms with Crippen LogP contribution in [-0.2, 0) is 6.54 Å². The van der Waals surface area contributed by atoms with Crippen molar-refractivity contribution < 1.29 is 18.3 Å². The van der Waals surface area contributed by atoms with E-state index in [1.54, 1.807) is 22.9 Å². The summed E-state index contributed by atoms with van der Waals surface area (Å²) in [4.78, 5) is 15.4. The molecule has 0 atom stereocenters. The monoisotopic (exact) mass is 375 g/mol. The average Bonchev–Trinajstić information content (AvgIpc) is 3.03. The second-order valence-corrected chi connectivity index (χ2v) is 5.74. The summed E-state index contributed by atoms with van der Waals surface area (Å²) >= 11 is 5.25. The van der Waals surface area contributed by atoms with Gasteiger partial charge in [-0.3, -0.25) is 9.36 Å². The highest BCUT2D eigenvalue weighted by Gasteiger charge is 2.14. The molecule has 5 nitrogen and oxygen atoms in total. The number of nitrogens with one attached hydrogen (secondary N) is 2. The number of benzene rings is 2. The zero-order chi connectivity index (χ0) is 18.5. The number of ether oxygens (including phenoxy) is 1. The number of aromatic amines is 1. The van der Waals surface area contributed by atoms with Crippen molar-refractivity contribution in [3.05, 3.63) is 76.8 Å². The maximum absolute atomic E-state index is 12.5. The summed E-state index contributed by atoms with van der Waals surface area (Å²) < 4.78 is 30.6. The van der Waals surface area contributed by atoms with Crippen LogP contribution in [0.15, 0.2) is 60.8 Å². The molecule has 0 fully saturated rings. The van der Waals surface area contributed by atoms with Gasteiger partial charge in [0.05, 0.1) is 0 Å². The minimum atomic E-state index is -2.87. The first-order valence-corrected chi connectivity index (χ1v) is 8.13. The second kappa shape index (κ2) is 7.92. The molecule has 1 heterocycles. The molecule has 26 heavy (non-hydrogen) atoms. The third-order valence-electron chi connectivity index (χ3n) is 3.62. The summed E-state index contributed by atoms with van der Waals surface area (Å²) in [5.41, 5.74) is 1.90. The van der Waals surface area contributed by atoms with Crippen LogP contribution in [0.3, 0.4) is 0 Å². The fraction of sp³-hybridized carbons (Fsp3) is 0.111. The minimum Gasteiger partial charge on any atom is -0.435 e. The number of hydrogen-bond donors (Lipinski definition) is 2. The van der Waals surface area contributed by atoms with Crippen molar-refractivity contribution >= 4 is 18.1 Å². The van der Waals surface area contributed by atoms with Crippen LogP contribution in [0.4, 0.5) is 8.78 Å². The van der Waals surface area contributed by atoms with E-state index in [0.717, 1.165) is 11.3 Å².